The van der Waals surface area contributed by atoms with Crippen LogP contribution in [0, 0.1) is 0 Å². The molecule has 0 amide bonds. The molecule has 2 nitrogen and oxygen atoms in total. The summed E-state index contributed by atoms with van der Waals surface area (Å²) in [4.78, 5) is 0. The molecule has 0 unspecified atom stereocenters. The summed E-state index contributed by atoms with van der Waals surface area (Å²) in [6.07, 6.45) is 0. The zero-order valence-electron chi connectivity index (χ0n) is 33.7. The molecule has 0 saturated heterocycles. The molecular weight excluding hydrogens is 749 g/mol. The predicted octanol–water partition coefficient (Wildman–Crippen LogP) is 16.3. The van der Waals surface area contributed by atoms with E-state index in [1.165, 1.54) is 126 Å². The van der Waals surface area contributed by atoms with Gasteiger partial charge in [0, 0.05) is 32.8 Å². The average molecular weight is 785 g/mol. The second-order valence-electron chi connectivity index (χ2n) is 16.7. The van der Waals surface area contributed by atoms with E-state index in [-0.39, 0.29) is 0 Å². The smallest absolute Gasteiger partial charge is 0.0547 e. The summed E-state index contributed by atoms with van der Waals surface area (Å²) in [5, 5.41) is 12.7. The maximum absolute atomic E-state index is 2.50. The molecule has 0 atom stereocenters. The van der Waals surface area contributed by atoms with Crippen LogP contribution in [0.2, 0.25) is 0 Å². The number of hydrogen-bond donors (Lipinski definition) is 0. The van der Waals surface area contributed by atoms with Crippen molar-refractivity contribution in [3.8, 4) is 55.9 Å². The van der Waals surface area contributed by atoms with Crippen LogP contribution < -0.4 is 0 Å². The molecule has 286 valence electrons. The normalized spacial score (nSPS) is 12.2. The Bertz CT molecular complexity index is 3940. The number of benzene rings is 11. The lowest BCUT2D eigenvalue weighted by Crippen LogP contribution is -2.04. The molecule has 0 fully saturated rings. The Hall–Kier alpha value is -8.20. The number of nitrogens with zero attached hydrogens (tertiary/aromatic N) is 2. The molecular formula is C60H36N2. The van der Waals surface area contributed by atoms with Gasteiger partial charge < -0.3 is 9.13 Å². The summed E-state index contributed by atoms with van der Waals surface area (Å²) >= 11 is 0. The fourth-order valence-corrected chi connectivity index (χ4v) is 11.1. The van der Waals surface area contributed by atoms with Crippen LogP contribution in [-0.4, -0.2) is 9.13 Å². The van der Waals surface area contributed by atoms with Crippen molar-refractivity contribution in [1.29, 1.82) is 0 Å². The first-order chi connectivity index (χ1) is 30.8. The molecule has 0 N–H and O–H groups in total. The third kappa shape index (κ3) is 4.53. The maximum atomic E-state index is 2.50. The van der Waals surface area contributed by atoms with E-state index in [1.807, 2.05) is 0 Å². The van der Waals surface area contributed by atoms with Gasteiger partial charge in [-0.05, 0) is 126 Å². The third-order valence-corrected chi connectivity index (χ3v) is 13.7. The minimum Gasteiger partial charge on any atom is -0.309 e. The van der Waals surface area contributed by atoms with Crippen molar-refractivity contribution in [3.63, 3.8) is 0 Å². The summed E-state index contributed by atoms with van der Waals surface area (Å²) in [7, 11) is 0. The lowest BCUT2D eigenvalue weighted by atomic mass is 9.78. The summed E-state index contributed by atoms with van der Waals surface area (Å²) in [5.41, 5.74) is 16.9. The van der Waals surface area contributed by atoms with Gasteiger partial charge in [0.05, 0.1) is 27.8 Å². The predicted molar refractivity (Wildman–Crippen MR) is 263 cm³/mol. The van der Waals surface area contributed by atoms with Gasteiger partial charge in [0.25, 0.3) is 0 Å². The first-order valence-corrected chi connectivity index (χ1v) is 21.5. The van der Waals surface area contributed by atoms with Gasteiger partial charge in [-0.3, -0.25) is 0 Å². The second kappa shape index (κ2) is 12.7. The van der Waals surface area contributed by atoms with Crippen LogP contribution in [0.15, 0.2) is 218 Å². The van der Waals surface area contributed by atoms with Gasteiger partial charge in [0.15, 0.2) is 0 Å². The van der Waals surface area contributed by atoms with Crippen molar-refractivity contribution < 1.29 is 0 Å². The molecule has 2 heteroatoms. The van der Waals surface area contributed by atoms with Gasteiger partial charge in [-0.25, -0.2) is 0 Å². The number of aromatic nitrogens is 2. The SMILES string of the molecule is c1ccc2c(c1)-c1cc3c4ccccc4c4ccccc4c3cc1-c1ccc(-n3c4ccccc4c4ccccc43)cc1-c1cccc(-n3c4ccccc4c4ccccc43)c1-2. The van der Waals surface area contributed by atoms with E-state index in [2.05, 4.69) is 228 Å². The molecule has 0 bridgehead atoms. The van der Waals surface area contributed by atoms with Crippen molar-refractivity contribution in [2.75, 3.05) is 0 Å². The average Bonchev–Trinajstić information content (AvgIpc) is 3.86. The Kier molecular flexibility index (Phi) is 6.86. The molecule has 0 radical (unpaired) electrons. The van der Waals surface area contributed by atoms with Crippen molar-refractivity contribution >= 4 is 75.9 Å². The van der Waals surface area contributed by atoms with Crippen molar-refractivity contribution in [1.82, 2.24) is 9.13 Å². The fraction of sp³-hybridized carbons (Fsp3) is 0. The molecule has 62 heavy (non-hydrogen) atoms. The summed E-state index contributed by atoms with van der Waals surface area (Å²) in [5.74, 6) is 0. The standard InChI is InChI=1S/C60H36N2/c1-3-18-40-38(16-1)39-17-2-4-19-41(39)52-36-54-43-33-32-37(61-55-27-11-7-21-44(55)45-22-8-12-28-56(45)61)34-50(43)49-26-15-31-59(60(49)48-25-6-5-20-42(48)53(54)35-51(40)52)62-57-29-13-9-23-46(57)47-24-10-14-30-58(47)62/h1-36H. The van der Waals surface area contributed by atoms with Gasteiger partial charge in [0.2, 0.25) is 0 Å². The molecule has 0 spiro atoms. The molecule has 0 saturated carbocycles. The number of hydrogen-bond acceptors (Lipinski definition) is 0. The summed E-state index contributed by atoms with van der Waals surface area (Å²) in [6, 6.07) is 81.5. The van der Waals surface area contributed by atoms with Gasteiger partial charge in [-0.2, -0.15) is 0 Å². The fourth-order valence-electron chi connectivity index (χ4n) is 11.1. The highest BCUT2D eigenvalue weighted by molar-refractivity contribution is 6.27. The quantitative estimate of drug-likeness (QED) is 0.155. The summed E-state index contributed by atoms with van der Waals surface area (Å²) < 4.78 is 4.95. The first kappa shape index (κ1) is 33.6. The van der Waals surface area contributed by atoms with Gasteiger partial charge in [-0.1, -0.05) is 164 Å². The maximum Gasteiger partial charge on any atom is 0.0547 e. The number of para-hydroxylation sites is 4. The Balaban J connectivity index is 1.17. The Morgan fingerprint density at radius 3 is 1.10 bits per heavy atom. The largest absolute Gasteiger partial charge is 0.309 e. The minimum absolute atomic E-state index is 1.14. The second-order valence-corrected chi connectivity index (χ2v) is 16.7. The number of fused-ring (bicyclic) bond motifs is 20. The van der Waals surface area contributed by atoms with E-state index in [1.54, 1.807) is 0 Å². The monoisotopic (exact) mass is 784 g/mol. The van der Waals surface area contributed by atoms with Crippen LogP contribution in [-0.2, 0) is 0 Å². The van der Waals surface area contributed by atoms with Crippen LogP contribution in [0.3, 0.4) is 0 Å². The lowest BCUT2D eigenvalue weighted by Gasteiger charge is -2.27. The van der Waals surface area contributed by atoms with Crippen LogP contribution in [0.1, 0.15) is 0 Å². The Labute approximate surface area is 357 Å². The molecule has 13 aromatic rings. The van der Waals surface area contributed by atoms with E-state index in [0.717, 1.165) is 5.69 Å². The van der Waals surface area contributed by atoms with Crippen LogP contribution in [0.5, 0.6) is 0 Å². The van der Waals surface area contributed by atoms with Gasteiger partial charge in [-0.15, -0.1) is 0 Å². The zero-order chi connectivity index (χ0) is 40.5. The van der Waals surface area contributed by atoms with Crippen molar-refractivity contribution in [2.45, 2.75) is 0 Å². The minimum atomic E-state index is 1.14. The van der Waals surface area contributed by atoms with E-state index >= 15 is 0 Å². The topological polar surface area (TPSA) is 9.86 Å². The van der Waals surface area contributed by atoms with E-state index in [9.17, 15) is 0 Å². The molecule has 1 aliphatic carbocycles. The van der Waals surface area contributed by atoms with Crippen LogP contribution >= 0.6 is 0 Å². The highest BCUT2D eigenvalue weighted by atomic mass is 15.0. The molecule has 2 aromatic heterocycles. The Morgan fingerprint density at radius 2 is 0.581 bits per heavy atom. The summed E-state index contributed by atoms with van der Waals surface area (Å²) in [6.45, 7) is 0. The van der Waals surface area contributed by atoms with E-state index in [4.69, 9.17) is 0 Å². The van der Waals surface area contributed by atoms with E-state index in [0.29, 0.717) is 0 Å². The molecule has 2 heterocycles. The highest BCUT2D eigenvalue weighted by Gasteiger charge is 2.27. The lowest BCUT2D eigenvalue weighted by molar-refractivity contribution is 1.17. The Morgan fingerprint density at radius 1 is 0.210 bits per heavy atom. The highest BCUT2D eigenvalue weighted by Crippen LogP contribution is 2.53. The molecule has 1 aliphatic rings. The van der Waals surface area contributed by atoms with Crippen LogP contribution in [0.25, 0.3) is 132 Å². The third-order valence-electron chi connectivity index (χ3n) is 13.7. The first-order valence-electron chi connectivity index (χ1n) is 21.5. The van der Waals surface area contributed by atoms with Crippen LogP contribution in [0.4, 0.5) is 0 Å². The molecule has 0 aliphatic heterocycles. The zero-order valence-corrected chi connectivity index (χ0v) is 33.7. The van der Waals surface area contributed by atoms with Gasteiger partial charge >= 0.3 is 0 Å². The number of rotatable bonds is 2. The van der Waals surface area contributed by atoms with E-state index < -0.39 is 0 Å². The van der Waals surface area contributed by atoms with Crippen molar-refractivity contribution in [3.05, 3.63) is 218 Å². The van der Waals surface area contributed by atoms with Gasteiger partial charge in [0.1, 0.15) is 0 Å². The van der Waals surface area contributed by atoms with Crippen molar-refractivity contribution in [2.24, 2.45) is 0 Å². The molecule has 11 aromatic carbocycles. The molecule has 14 rings (SSSR count).